The predicted molar refractivity (Wildman–Crippen MR) is 300 cm³/mol. The van der Waals surface area contributed by atoms with E-state index in [0.717, 1.165) is 50.1 Å². The topological polar surface area (TPSA) is 16.4 Å². The zero-order chi connectivity index (χ0) is 46.8. The first kappa shape index (κ1) is 41.2. The van der Waals surface area contributed by atoms with Crippen LogP contribution in [0.3, 0.4) is 0 Å². The minimum atomic E-state index is 0.109. The first-order valence-corrected chi connectivity index (χ1v) is 25.3. The molecule has 2 heterocycles. The zero-order valence-electron chi connectivity index (χ0n) is 38.7. The van der Waals surface area contributed by atoms with E-state index >= 15 is 0 Å². The molecule has 13 aromatic rings. The summed E-state index contributed by atoms with van der Waals surface area (Å²) in [6, 6.07) is 95.3. The number of nitrogens with zero attached hydrogens (tertiary/aromatic N) is 1. The minimum absolute atomic E-state index is 0.109. The van der Waals surface area contributed by atoms with E-state index in [2.05, 4.69) is 266 Å². The van der Waals surface area contributed by atoms with Gasteiger partial charge in [-0.05, 0) is 98.1 Å². The van der Waals surface area contributed by atoms with Crippen molar-refractivity contribution in [2.45, 2.75) is 11.8 Å². The van der Waals surface area contributed by atoms with Crippen LogP contribution in [0.15, 0.2) is 265 Å². The van der Waals surface area contributed by atoms with Crippen molar-refractivity contribution >= 4 is 70.5 Å². The first-order chi connectivity index (χ1) is 35.2. The van der Waals surface area contributed by atoms with Crippen molar-refractivity contribution in [3.8, 4) is 44.5 Å². The van der Waals surface area contributed by atoms with Crippen LogP contribution in [0.1, 0.15) is 34.1 Å². The van der Waals surface area contributed by atoms with Gasteiger partial charge in [-0.2, -0.15) is 0 Å². The molecule has 0 fully saturated rings. The highest BCUT2D eigenvalue weighted by Gasteiger charge is 2.37. The maximum Gasteiger partial charge on any atom is 0.143 e. The second-order valence-corrected chi connectivity index (χ2v) is 19.7. The average molecular weight is 924 g/mol. The highest BCUT2D eigenvalue weighted by Crippen LogP contribution is 2.55. The Hall–Kier alpha value is -8.76. The summed E-state index contributed by atoms with van der Waals surface area (Å²) in [5, 5.41) is 4.88. The van der Waals surface area contributed by atoms with E-state index in [1.165, 1.54) is 75.8 Å². The van der Waals surface area contributed by atoms with E-state index in [-0.39, 0.29) is 11.8 Å². The predicted octanol–water partition coefficient (Wildman–Crippen LogP) is 19.4. The van der Waals surface area contributed by atoms with Crippen molar-refractivity contribution in [3.05, 3.63) is 283 Å². The van der Waals surface area contributed by atoms with Crippen LogP contribution < -0.4 is 4.90 Å². The van der Waals surface area contributed by atoms with Crippen molar-refractivity contribution < 1.29 is 4.42 Å². The van der Waals surface area contributed by atoms with Crippen molar-refractivity contribution in [1.29, 1.82) is 0 Å². The highest BCUT2D eigenvalue weighted by atomic mass is 32.1. The van der Waals surface area contributed by atoms with Gasteiger partial charge in [-0.15, -0.1) is 11.3 Å². The van der Waals surface area contributed by atoms with Crippen molar-refractivity contribution in [2.24, 2.45) is 0 Å². The molecule has 0 saturated heterocycles. The molecule has 1 aliphatic carbocycles. The fraction of sp³-hybridized carbons (Fsp3) is 0.0294. The minimum Gasteiger partial charge on any atom is -0.455 e. The molecule has 334 valence electrons. The molecule has 0 aliphatic heterocycles. The second kappa shape index (κ2) is 17.0. The van der Waals surface area contributed by atoms with Crippen LogP contribution in [-0.4, -0.2) is 0 Å². The molecule has 71 heavy (non-hydrogen) atoms. The molecule has 14 rings (SSSR count). The van der Waals surface area contributed by atoms with Gasteiger partial charge in [0, 0.05) is 71.0 Å². The van der Waals surface area contributed by atoms with Gasteiger partial charge in [0.25, 0.3) is 0 Å². The molecule has 0 saturated carbocycles. The molecule has 2 atom stereocenters. The van der Waals surface area contributed by atoms with Crippen LogP contribution in [0.25, 0.3) is 86.6 Å². The summed E-state index contributed by atoms with van der Waals surface area (Å²) in [7, 11) is 0. The Labute approximate surface area is 417 Å². The quantitative estimate of drug-likeness (QED) is 0.151. The zero-order valence-corrected chi connectivity index (χ0v) is 39.6. The monoisotopic (exact) mass is 923 g/mol. The van der Waals surface area contributed by atoms with Crippen LogP contribution in [0.5, 0.6) is 0 Å². The molecule has 2 aromatic heterocycles. The SMILES string of the molecule is c1ccc(-c2ccc(N(c3ccc(-c4cccc5c4oc4c6c(ccc45)C(c4ccccc4)C(c4ccccc4)c4ccccc4-6)cc3)c3ccc(-c4cccc5c4sc4ccccc45)cc3)cc2)cc1. The summed E-state index contributed by atoms with van der Waals surface area (Å²) >= 11 is 1.87. The molecular weight excluding hydrogens is 879 g/mol. The second-order valence-electron chi connectivity index (χ2n) is 18.7. The molecule has 1 aliphatic rings. The Bertz CT molecular complexity index is 4080. The summed E-state index contributed by atoms with van der Waals surface area (Å²) < 4.78 is 9.90. The van der Waals surface area contributed by atoms with Gasteiger partial charge in [0.2, 0.25) is 0 Å². The number of furan rings is 1. The number of benzene rings is 11. The van der Waals surface area contributed by atoms with Crippen LogP contribution >= 0.6 is 11.3 Å². The summed E-state index contributed by atoms with van der Waals surface area (Å²) in [4.78, 5) is 2.36. The Morgan fingerprint density at radius 1 is 0.310 bits per heavy atom. The molecule has 2 unspecified atom stereocenters. The van der Waals surface area contributed by atoms with E-state index in [1.54, 1.807) is 0 Å². The number of fused-ring (bicyclic) bond motifs is 10. The van der Waals surface area contributed by atoms with Crippen LogP contribution in [-0.2, 0) is 0 Å². The van der Waals surface area contributed by atoms with Gasteiger partial charge < -0.3 is 9.32 Å². The number of anilines is 3. The number of rotatable bonds is 8. The van der Waals surface area contributed by atoms with Gasteiger partial charge in [-0.3, -0.25) is 0 Å². The van der Waals surface area contributed by atoms with Crippen molar-refractivity contribution in [1.82, 2.24) is 0 Å². The van der Waals surface area contributed by atoms with Gasteiger partial charge in [-0.25, -0.2) is 0 Å². The average Bonchev–Trinajstić information content (AvgIpc) is 4.03. The molecule has 0 N–H and O–H groups in total. The van der Waals surface area contributed by atoms with Crippen molar-refractivity contribution in [3.63, 3.8) is 0 Å². The standard InChI is InChI=1S/C68H45NOS/c1-4-16-44(17-5-1)45-30-36-50(37-31-45)69(52-40-34-47(35-41-52)54-26-15-28-60-55-22-12-13-29-62(55)71-68(54)60)51-38-32-46(33-39-51)53-25-14-27-58-59-42-43-61-64(49-20-8-3-9-21-49)63(48-18-6-2-7-19-48)56-23-10-11-24-57(56)65(61)67(59)70-66(53)58/h1-43,63-64H. The molecule has 0 amide bonds. The smallest absolute Gasteiger partial charge is 0.143 e. The van der Waals surface area contributed by atoms with Crippen LogP contribution in [0.4, 0.5) is 17.1 Å². The largest absolute Gasteiger partial charge is 0.455 e. The van der Waals surface area contributed by atoms with E-state index in [4.69, 9.17) is 4.42 Å². The van der Waals surface area contributed by atoms with E-state index in [0.29, 0.717) is 0 Å². The summed E-state index contributed by atoms with van der Waals surface area (Å²) in [5.74, 6) is 0.261. The fourth-order valence-electron chi connectivity index (χ4n) is 11.5. The Morgan fingerprint density at radius 3 is 1.46 bits per heavy atom. The lowest BCUT2D eigenvalue weighted by atomic mass is 9.66. The molecule has 0 spiro atoms. The van der Waals surface area contributed by atoms with E-state index in [9.17, 15) is 0 Å². The fourth-order valence-corrected chi connectivity index (χ4v) is 12.7. The molecule has 0 bridgehead atoms. The lowest BCUT2D eigenvalue weighted by Gasteiger charge is -2.36. The van der Waals surface area contributed by atoms with E-state index < -0.39 is 0 Å². The summed E-state index contributed by atoms with van der Waals surface area (Å²) in [5.41, 5.74) is 19.8. The molecular formula is C68H45NOS. The van der Waals surface area contributed by atoms with Gasteiger partial charge in [0.05, 0.1) is 0 Å². The van der Waals surface area contributed by atoms with Gasteiger partial charge in [0.1, 0.15) is 11.2 Å². The number of para-hydroxylation sites is 1. The maximum atomic E-state index is 7.26. The lowest BCUT2D eigenvalue weighted by molar-refractivity contribution is 0.658. The Kier molecular flexibility index (Phi) is 9.89. The van der Waals surface area contributed by atoms with Gasteiger partial charge >= 0.3 is 0 Å². The van der Waals surface area contributed by atoms with Gasteiger partial charge in [-0.1, -0.05) is 218 Å². The lowest BCUT2D eigenvalue weighted by Crippen LogP contribution is -2.20. The number of thiophene rings is 1. The Morgan fingerprint density at radius 2 is 0.789 bits per heavy atom. The summed E-state index contributed by atoms with van der Waals surface area (Å²) in [6.07, 6.45) is 0. The third-order valence-electron chi connectivity index (χ3n) is 14.8. The van der Waals surface area contributed by atoms with E-state index in [1.807, 2.05) is 11.3 Å². The highest BCUT2D eigenvalue weighted by molar-refractivity contribution is 7.26. The third kappa shape index (κ3) is 6.92. The normalized spacial score (nSPS) is 14.2. The first-order valence-electron chi connectivity index (χ1n) is 24.5. The summed E-state index contributed by atoms with van der Waals surface area (Å²) in [6.45, 7) is 0. The maximum absolute atomic E-state index is 7.26. The molecule has 11 aromatic carbocycles. The van der Waals surface area contributed by atoms with Gasteiger partial charge in [0.15, 0.2) is 0 Å². The Balaban J connectivity index is 0.872. The number of hydrogen-bond donors (Lipinski definition) is 0. The van der Waals surface area contributed by atoms with Crippen LogP contribution in [0.2, 0.25) is 0 Å². The van der Waals surface area contributed by atoms with Crippen molar-refractivity contribution in [2.75, 3.05) is 4.90 Å². The third-order valence-corrected chi connectivity index (χ3v) is 16.0. The molecule has 0 radical (unpaired) electrons. The molecule has 3 heteroatoms. The number of hydrogen-bond acceptors (Lipinski definition) is 3. The molecule has 2 nitrogen and oxygen atoms in total. The van der Waals surface area contributed by atoms with Crippen LogP contribution in [0, 0.1) is 0 Å².